The first kappa shape index (κ1) is 19.2. The summed E-state index contributed by atoms with van der Waals surface area (Å²) in [4.78, 5) is 26.9. The maximum atomic E-state index is 12.5. The molecule has 0 aliphatic heterocycles. The fourth-order valence-electron chi connectivity index (χ4n) is 2.15. The van der Waals surface area contributed by atoms with Crippen molar-refractivity contribution in [3.63, 3.8) is 0 Å². The second kappa shape index (κ2) is 8.67. The number of carbonyl (C=O) groups is 2. The van der Waals surface area contributed by atoms with Crippen LogP contribution in [0.25, 0.3) is 0 Å². The highest BCUT2D eigenvalue weighted by Crippen LogP contribution is 2.21. The summed E-state index contributed by atoms with van der Waals surface area (Å²) in [6, 6.07) is 7.66. The molecule has 0 aliphatic rings. The Morgan fingerprint density at radius 3 is 2.39 bits per heavy atom. The maximum Gasteiger partial charge on any atom is 0.239 e. The largest absolute Gasteiger partial charge is 0.355 e. The molecule has 0 radical (unpaired) electrons. The lowest BCUT2D eigenvalue weighted by atomic mass is 9.90. The molecule has 1 rings (SSSR count). The molecule has 1 aromatic rings. The van der Waals surface area contributed by atoms with E-state index in [0.29, 0.717) is 6.54 Å². The minimum atomic E-state index is -1.11. The average Bonchev–Trinajstić information content (AvgIpc) is 2.51. The lowest BCUT2D eigenvalue weighted by molar-refractivity contribution is -0.138. The number of nitrogens with one attached hydrogen (secondary N) is 2. The summed E-state index contributed by atoms with van der Waals surface area (Å²) < 4.78 is 0. The minimum Gasteiger partial charge on any atom is -0.355 e. The van der Waals surface area contributed by atoms with Gasteiger partial charge in [0.15, 0.2) is 0 Å². The molecule has 0 bridgehead atoms. The molecule has 0 unspecified atom stereocenters. The highest BCUT2D eigenvalue weighted by atomic mass is 16.2. The van der Waals surface area contributed by atoms with Gasteiger partial charge in [-0.2, -0.15) is 0 Å². The van der Waals surface area contributed by atoms with Crippen molar-refractivity contribution in [1.82, 2.24) is 10.2 Å². The maximum absolute atomic E-state index is 12.5. The lowest BCUT2D eigenvalue weighted by Gasteiger charge is -2.23. The van der Waals surface area contributed by atoms with E-state index in [9.17, 15) is 9.59 Å². The van der Waals surface area contributed by atoms with Gasteiger partial charge in [-0.3, -0.25) is 9.59 Å². The highest BCUT2D eigenvalue weighted by Gasteiger charge is 2.36. The first-order valence-electron chi connectivity index (χ1n) is 8.11. The molecule has 0 saturated heterocycles. The zero-order valence-electron chi connectivity index (χ0n) is 14.9. The first-order chi connectivity index (χ1) is 10.8. The number of hydrogen-bond donors (Lipinski definition) is 2. The molecule has 0 aromatic heterocycles. The van der Waals surface area contributed by atoms with Gasteiger partial charge in [0, 0.05) is 12.2 Å². The van der Waals surface area contributed by atoms with Gasteiger partial charge in [0.05, 0.1) is 0 Å². The Kier molecular flexibility index (Phi) is 7.23. The van der Waals surface area contributed by atoms with E-state index in [1.807, 2.05) is 45.3 Å². The van der Waals surface area contributed by atoms with Gasteiger partial charge < -0.3 is 15.5 Å². The summed E-state index contributed by atoms with van der Waals surface area (Å²) >= 11 is 0. The average molecular weight is 319 g/mol. The minimum absolute atomic E-state index is 0.247. The summed E-state index contributed by atoms with van der Waals surface area (Å²) in [5, 5.41) is 5.73. The number of benzene rings is 1. The van der Waals surface area contributed by atoms with Crippen molar-refractivity contribution >= 4 is 17.5 Å². The predicted molar refractivity (Wildman–Crippen MR) is 94.4 cm³/mol. The van der Waals surface area contributed by atoms with Gasteiger partial charge in [0.25, 0.3) is 0 Å². The van der Waals surface area contributed by atoms with Gasteiger partial charge >= 0.3 is 0 Å². The van der Waals surface area contributed by atoms with Crippen molar-refractivity contribution in [1.29, 1.82) is 0 Å². The first-order valence-corrected chi connectivity index (χ1v) is 8.11. The molecule has 0 fully saturated rings. The molecule has 1 aromatic carbocycles. The lowest BCUT2D eigenvalue weighted by Crippen LogP contribution is -2.45. The van der Waals surface area contributed by atoms with Gasteiger partial charge in [0.2, 0.25) is 11.8 Å². The molecular weight excluding hydrogens is 290 g/mol. The van der Waals surface area contributed by atoms with Crippen LogP contribution >= 0.6 is 0 Å². The van der Waals surface area contributed by atoms with Crippen LogP contribution in [0.15, 0.2) is 24.3 Å². The molecule has 0 aliphatic carbocycles. The van der Waals surface area contributed by atoms with Gasteiger partial charge in [-0.15, -0.1) is 0 Å². The van der Waals surface area contributed by atoms with Crippen molar-refractivity contribution in [2.75, 3.05) is 32.5 Å². The topological polar surface area (TPSA) is 61.4 Å². The Morgan fingerprint density at radius 1 is 1.13 bits per heavy atom. The van der Waals surface area contributed by atoms with Crippen LogP contribution in [0.5, 0.6) is 0 Å². The van der Waals surface area contributed by atoms with Crippen LogP contribution in [0.3, 0.4) is 0 Å². The third kappa shape index (κ3) is 5.67. The highest BCUT2D eigenvalue weighted by molar-refractivity contribution is 6.10. The van der Waals surface area contributed by atoms with Crippen LogP contribution in [0.4, 0.5) is 5.69 Å². The molecule has 23 heavy (non-hydrogen) atoms. The monoisotopic (exact) mass is 319 g/mol. The van der Waals surface area contributed by atoms with Crippen molar-refractivity contribution in [2.45, 2.75) is 33.6 Å². The zero-order valence-corrected chi connectivity index (χ0v) is 14.9. The van der Waals surface area contributed by atoms with E-state index in [4.69, 9.17) is 0 Å². The van der Waals surface area contributed by atoms with Gasteiger partial charge in [-0.25, -0.2) is 0 Å². The van der Waals surface area contributed by atoms with Crippen LogP contribution in [0.1, 0.15) is 32.8 Å². The fourth-order valence-corrected chi connectivity index (χ4v) is 2.15. The van der Waals surface area contributed by atoms with Crippen LogP contribution < -0.4 is 10.6 Å². The molecule has 0 spiro atoms. The Morgan fingerprint density at radius 2 is 1.78 bits per heavy atom. The SMILES string of the molecule is CCc1ccccc1NC(=O)C(C)(C)C(=O)NCCCN(C)C. The Balaban J connectivity index is 2.63. The van der Waals surface area contributed by atoms with Gasteiger partial charge in [0.1, 0.15) is 5.41 Å². The summed E-state index contributed by atoms with van der Waals surface area (Å²) in [6.07, 6.45) is 1.68. The second-order valence-corrected chi connectivity index (χ2v) is 6.50. The number of anilines is 1. The predicted octanol–water partition coefficient (Wildman–Crippen LogP) is 2.28. The molecule has 2 amide bonds. The molecule has 0 heterocycles. The summed E-state index contributed by atoms with van der Waals surface area (Å²) in [5.41, 5.74) is 0.718. The number of nitrogens with zero attached hydrogens (tertiary/aromatic N) is 1. The number of aryl methyl sites for hydroxylation is 1. The van der Waals surface area contributed by atoms with Crippen LogP contribution in [-0.4, -0.2) is 43.9 Å². The van der Waals surface area contributed by atoms with E-state index in [-0.39, 0.29) is 11.8 Å². The van der Waals surface area contributed by atoms with Crippen molar-refractivity contribution in [2.24, 2.45) is 5.41 Å². The molecule has 2 N–H and O–H groups in total. The molecule has 0 saturated carbocycles. The van der Waals surface area contributed by atoms with Gasteiger partial charge in [-0.05, 0) is 59.0 Å². The van der Waals surface area contributed by atoms with Gasteiger partial charge in [-0.1, -0.05) is 25.1 Å². The smallest absolute Gasteiger partial charge is 0.239 e. The summed E-state index contributed by atoms with van der Waals surface area (Å²) in [5.74, 6) is -0.536. The Bertz CT molecular complexity index is 539. The standard InChI is InChI=1S/C18H29N3O2/c1-6-14-10-7-8-11-15(14)20-17(23)18(2,3)16(22)19-12-9-13-21(4)5/h7-8,10-11H,6,9,12-13H2,1-5H3,(H,19,22)(H,20,23). The van der Waals surface area contributed by atoms with Crippen LogP contribution in [-0.2, 0) is 16.0 Å². The van der Waals surface area contributed by atoms with Crippen molar-refractivity contribution in [3.8, 4) is 0 Å². The molecule has 128 valence electrons. The molecular formula is C18H29N3O2. The van der Waals surface area contributed by atoms with E-state index in [0.717, 1.165) is 30.6 Å². The quantitative estimate of drug-likeness (QED) is 0.571. The van der Waals surface area contributed by atoms with E-state index in [2.05, 4.69) is 15.5 Å². The number of amides is 2. The number of para-hydroxylation sites is 1. The fraction of sp³-hybridized carbons (Fsp3) is 0.556. The Labute approximate surface area is 139 Å². The Hall–Kier alpha value is -1.88. The normalized spacial score (nSPS) is 11.4. The summed E-state index contributed by atoms with van der Waals surface area (Å²) in [6.45, 7) is 6.81. The van der Waals surface area contributed by atoms with E-state index in [1.54, 1.807) is 13.8 Å². The zero-order chi connectivity index (χ0) is 17.5. The third-order valence-electron chi connectivity index (χ3n) is 3.85. The molecule has 5 nitrogen and oxygen atoms in total. The number of carbonyl (C=O) groups excluding carboxylic acids is 2. The van der Waals surface area contributed by atoms with Crippen molar-refractivity contribution in [3.05, 3.63) is 29.8 Å². The van der Waals surface area contributed by atoms with E-state index < -0.39 is 5.41 Å². The number of rotatable bonds is 8. The second-order valence-electron chi connectivity index (χ2n) is 6.50. The molecule has 0 atom stereocenters. The summed E-state index contributed by atoms with van der Waals surface area (Å²) in [7, 11) is 3.98. The van der Waals surface area contributed by atoms with Crippen LogP contribution in [0.2, 0.25) is 0 Å². The van der Waals surface area contributed by atoms with Crippen LogP contribution in [0, 0.1) is 5.41 Å². The molecule has 5 heteroatoms. The van der Waals surface area contributed by atoms with E-state index in [1.165, 1.54) is 0 Å². The number of hydrogen-bond acceptors (Lipinski definition) is 3. The van der Waals surface area contributed by atoms with Crippen molar-refractivity contribution < 1.29 is 9.59 Å². The third-order valence-corrected chi connectivity index (χ3v) is 3.85. The van der Waals surface area contributed by atoms with E-state index >= 15 is 0 Å².